The molecule has 0 aromatic rings. The lowest BCUT2D eigenvalue weighted by molar-refractivity contribution is -0.131. The van der Waals surface area contributed by atoms with Crippen LogP contribution in [0, 0.1) is 11.8 Å². The molecule has 3 amide bonds. The van der Waals surface area contributed by atoms with Crippen molar-refractivity contribution < 1.29 is 19.2 Å². The largest absolute Gasteiger partial charge is 0.354 e. The molecule has 8 nitrogen and oxygen atoms in total. The molecule has 0 fully saturated rings. The molecule has 0 saturated heterocycles. The van der Waals surface area contributed by atoms with Crippen molar-refractivity contribution in [2.75, 3.05) is 26.7 Å². The third-order valence-electron chi connectivity index (χ3n) is 3.91. The summed E-state index contributed by atoms with van der Waals surface area (Å²) in [4.78, 5) is 47.3. The molecule has 0 saturated carbocycles. The first-order chi connectivity index (χ1) is 11.7. The van der Waals surface area contributed by atoms with Gasteiger partial charge in [-0.3, -0.25) is 19.2 Å². The molecule has 144 valence electrons. The highest BCUT2D eigenvalue weighted by Gasteiger charge is 2.24. The standard InChI is InChI=1S/C17H32N4O4/c1-6-11(2)15(23)20-10-14(17(25)19-8-7-13(4)22)21-16(24)12(3)9-18-5/h11-12,14,18H,6-10H2,1-5H3,(H,19,25)(H,20,23)(H,21,24). The number of carbonyl (C=O) groups excluding carboxylic acids is 4. The summed E-state index contributed by atoms with van der Waals surface area (Å²) < 4.78 is 0. The average Bonchev–Trinajstić information content (AvgIpc) is 2.56. The number of hydrogen-bond donors (Lipinski definition) is 4. The smallest absolute Gasteiger partial charge is 0.244 e. The summed E-state index contributed by atoms with van der Waals surface area (Å²) in [5.74, 6) is -1.38. The Bertz CT molecular complexity index is 468. The van der Waals surface area contributed by atoms with Crippen LogP contribution in [0.25, 0.3) is 0 Å². The molecular formula is C17H32N4O4. The van der Waals surface area contributed by atoms with E-state index in [1.165, 1.54) is 6.92 Å². The van der Waals surface area contributed by atoms with E-state index >= 15 is 0 Å². The van der Waals surface area contributed by atoms with E-state index in [1.807, 2.05) is 6.92 Å². The fourth-order valence-corrected chi connectivity index (χ4v) is 1.97. The predicted molar refractivity (Wildman–Crippen MR) is 95.8 cm³/mol. The molecule has 0 aliphatic carbocycles. The maximum Gasteiger partial charge on any atom is 0.244 e. The molecule has 0 spiro atoms. The molecule has 0 aliphatic rings. The van der Waals surface area contributed by atoms with Crippen LogP contribution in [-0.2, 0) is 19.2 Å². The summed E-state index contributed by atoms with van der Waals surface area (Å²) >= 11 is 0. The van der Waals surface area contributed by atoms with Crippen LogP contribution in [0.3, 0.4) is 0 Å². The zero-order chi connectivity index (χ0) is 19.4. The first-order valence-corrected chi connectivity index (χ1v) is 8.72. The molecule has 0 bridgehead atoms. The molecular weight excluding hydrogens is 324 g/mol. The van der Waals surface area contributed by atoms with Gasteiger partial charge < -0.3 is 21.3 Å². The lowest BCUT2D eigenvalue weighted by atomic mass is 10.1. The Morgan fingerprint density at radius 1 is 0.880 bits per heavy atom. The fourth-order valence-electron chi connectivity index (χ4n) is 1.97. The van der Waals surface area contributed by atoms with Gasteiger partial charge >= 0.3 is 0 Å². The van der Waals surface area contributed by atoms with Gasteiger partial charge in [0, 0.05) is 37.9 Å². The molecule has 0 rings (SSSR count). The van der Waals surface area contributed by atoms with E-state index < -0.39 is 11.9 Å². The number of nitrogens with one attached hydrogen (secondary N) is 4. The van der Waals surface area contributed by atoms with Crippen LogP contribution in [0.2, 0.25) is 0 Å². The second kappa shape index (κ2) is 12.4. The Kier molecular flexibility index (Phi) is 11.4. The zero-order valence-electron chi connectivity index (χ0n) is 15.9. The summed E-state index contributed by atoms with van der Waals surface area (Å²) in [5, 5.41) is 10.9. The van der Waals surface area contributed by atoms with Crippen molar-refractivity contribution in [3.8, 4) is 0 Å². The Morgan fingerprint density at radius 3 is 2.04 bits per heavy atom. The van der Waals surface area contributed by atoms with E-state index in [0.29, 0.717) is 13.0 Å². The van der Waals surface area contributed by atoms with E-state index in [1.54, 1.807) is 20.9 Å². The number of carbonyl (C=O) groups is 4. The van der Waals surface area contributed by atoms with E-state index in [4.69, 9.17) is 0 Å². The molecule has 0 aromatic heterocycles. The molecule has 4 N–H and O–H groups in total. The van der Waals surface area contributed by atoms with Crippen molar-refractivity contribution in [1.29, 1.82) is 0 Å². The number of ketones is 1. The van der Waals surface area contributed by atoms with Gasteiger partial charge in [-0.05, 0) is 20.4 Å². The molecule has 0 aliphatic heterocycles. The first kappa shape index (κ1) is 23.0. The maximum atomic E-state index is 12.3. The highest BCUT2D eigenvalue weighted by molar-refractivity contribution is 5.89. The lowest BCUT2D eigenvalue weighted by Gasteiger charge is -2.22. The average molecular weight is 356 g/mol. The summed E-state index contributed by atoms with van der Waals surface area (Å²) in [5.41, 5.74) is 0. The second-order valence-electron chi connectivity index (χ2n) is 6.32. The molecule has 0 heterocycles. The van der Waals surface area contributed by atoms with Crippen LogP contribution in [0.4, 0.5) is 0 Å². The number of hydrogen-bond acceptors (Lipinski definition) is 5. The predicted octanol–water partition coefficient (Wildman–Crippen LogP) is -0.416. The van der Waals surface area contributed by atoms with Gasteiger partial charge in [0.15, 0.2) is 0 Å². The summed E-state index contributed by atoms with van der Waals surface area (Å²) in [6, 6.07) is -0.883. The molecule has 0 radical (unpaired) electrons. The monoisotopic (exact) mass is 356 g/mol. The zero-order valence-corrected chi connectivity index (χ0v) is 15.9. The summed E-state index contributed by atoms with van der Waals surface area (Å²) in [7, 11) is 1.74. The number of Topliss-reactive ketones (excluding diaryl/α,β-unsaturated/α-hetero) is 1. The Labute approximate surface area is 149 Å². The Balaban J connectivity index is 4.79. The van der Waals surface area contributed by atoms with Crippen LogP contribution in [0.1, 0.15) is 40.5 Å². The van der Waals surface area contributed by atoms with Crippen LogP contribution < -0.4 is 21.3 Å². The van der Waals surface area contributed by atoms with Crippen molar-refractivity contribution in [1.82, 2.24) is 21.3 Å². The van der Waals surface area contributed by atoms with E-state index in [-0.39, 0.29) is 48.9 Å². The minimum absolute atomic E-state index is 0.00704. The van der Waals surface area contributed by atoms with E-state index in [2.05, 4.69) is 21.3 Å². The summed E-state index contributed by atoms with van der Waals surface area (Å²) in [6.07, 6.45) is 0.911. The normalized spacial score (nSPS) is 14.1. The molecule has 3 unspecified atom stereocenters. The SMILES string of the molecule is CCC(C)C(=O)NCC(NC(=O)C(C)CNC)C(=O)NCCC(C)=O. The Morgan fingerprint density at radius 2 is 1.52 bits per heavy atom. The van der Waals surface area contributed by atoms with Crippen LogP contribution in [0.15, 0.2) is 0 Å². The molecule has 8 heteroatoms. The van der Waals surface area contributed by atoms with Crippen molar-refractivity contribution in [3.63, 3.8) is 0 Å². The highest BCUT2D eigenvalue weighted by atomic mass is 16.2. The van der Waals surface area contributed by atoms with Gasteiger partial charge in [0.25, 0.3) is 0 Å². The van der Waals surface area contributed by atoms with Crippen LogP contribution >= 0.6 is 0 Å². The van der Waals surface area contributed by atoms with E-state index in [9.17, 15) is 19.2 Å². The lowest BCUT2D eigenvalue weighted by Crippen LogP contribution is -2.54. The topological polar surface area (TPSA) is 116 Å². The first-order valence-electron chi connectivity index (χ1n) is 8.72. The third-order valence-corrected chi connectivity index (χ3v) is 3.91. The van der Waals surface area contributed by atoms with Crippen molar-refractivity contribution in [3.05, 3.63) is 0 Å². The van der Waals surface area contributed by atoms with E-state index in [0.717, 1.165) is 0 Å². The van der Waals surface area contributed by atoms with Gasteiger partial charge in [-0.2, -0.15) is 0 Å². The van der Waals surface area contributed by atoms with Gasteiger partial charge in [0.2, 0.25) is 17.7 Å². The van der Waals surface area contributed by atoms with Crippen LogP contribution in [-0.4, -0.2) is 56.2 Å². The van der Waals surface area contributed by atoms with Crippen molar-refractivity contribution in [2.45, 2.75) is 46.6 Å². The quantitative estimate of drug-likeness (QED) is 0.379. The Hall–Kier alpha value is -1.96. The van der Waals surface area contributed by atoms with Gasteiger partial charge in [0.1, 0.15) is 11.8 Å². The number of rotatable bonds is 12. The summed E-state index contributed by atoms with van der Waals surface area (Å²) in [6.45, 7) is 7.57. The molecule has 0 aromatic carbocycles. The van der Waals surface area contributed by atoms with Gasteiger partial charge in [-0.1, -0.05) is 20.8 Å². The fraction of sp³-hybridized carbons (Fsp3) is 0.765. The van der Waals surface area contributed by atoms with Gasteiger partial charge in [-0.15, -0.1) is 0 Å². The molecule has 25 heavy (non-hydrogen) atoms. The minimum Gasteiger partial charge on any atom is -0.354 e. The number of amides is 3. The van der Waals surface area contributed by atoms with Gasteiger partial charge in [-0.25, -0.2) is 0 Å². The second-order valence-corrected chi connectivity index (χ2v) is 6.32. The van der Waals surface area contributed by atoms with Crippen molar-refractivity contribution in [2.24, 2.45) is 11.8 Å². The maximum absolute atomic E-state index is 12.3. The third kappa shape index (κ3) is 9.81. The van der Waals surface area contributed by atoms with Gasteiger partial charge in [0.05, 0.1) is 0 Å². The minimum atomic E-state index is -0.883. The van der Waals surface area contributed by atoms with Crippen molar-refractivity contribution >= 4 is 23.5 Å². The highest BCUT2D eigenvalue weighted by Crippen LogP contribution is 2.00. The molecule has 3 atom stereocenters. The van der Waals surface area contributed by atoms with Crippen LogP contribution in [0.5, 0.6) is 0 Å².